The minimum absolute atomic E-state index is 0.202. The van der Waals surface area contributed by atoms with Crippen LogP contribution in [0.2, 0.25) is 0 Å². The van der Waals surface area contributed by atoms with Gasteiger partial charge in [-0.25, -0.2) is 4.79 Å². The van der Waals surface area contributed by atoms with E-state index in [0.29, 0.717) is 13.1 Å². The molecule has 5 heteroatoms. The van der Waals surface area contributed by atoms with Crippen LogP contribution in [0.5, 0.6) is 0 Å². The second kappa shape index (κ2) is 6.91. The highest BCUT2D eigenvalue weighted by Crippen LogP contribution is 2.24. The number of benzene rings is 1. The highest BCUT2D eigenvalue weighted by Gasteiger charge is 2.26. The standard InChI is InChI=1S/C19H29N3O2/c1-19(2,3)24-18(23)22-14-12-21(13-15-22)17-8-6-16(7-9-17)20-10-4-5-11-20/h6-9H,4-5,10-15H2,1-3H3. The van der Waals surface area contributed by atoms with Gasteiger partial charge in [0.2, 0.25) is 0 Å². The number of hydrogen-bond donors (Lipinski definition) is 0. The summed E-state index contributed by atoms with van der Waals surface area (Å²) < 4.78 is 5.45. The lowest BCUT2D eigenvalue weighted by molar-refractivity contribution is 0.0240. The molecule has 0 bridgehead atoms. The van der Waals surface area contributed by atoms with Gasteiger partial charge in [-0.1, -0.05) is 0 Å². The Morgan fingerprint density at radius 1 is 0.833 bits per heavy atom. The van der Waals surface area contributed by atoms with Gasteiger partial charge in [-0.3, -0.25) is 0 Å². The molecule has 3 rings (SSSR count). The van der Waals surface area contributed by atoms with Gasteiger partial charge in [-0.2, -0.15) is 0 Å². The average Bonchev–Trinajstić information content (AvgIpc) is 3.08. The van der Waals surface area contributed by atoms with Gasteiger partial charge in [0.25, 0.3) is 0 Å². The zero-order valence-electron chi connectivity index (χ0n) is 15.1. The molecule has 5 nitrogen and oxygen atoms in total. The van der Waals surface area contributed by atoms with Crippen molar-refractivity contribution in [3.63, 3.8) is 0 Å². The molecule has 1 amide bonds. The van der Waals surface area contributed by atoms with Crippen molar-refractivity contribution in [1.29, 1.82) is 0 Å². The van der Waals surface area contributed by atoms with Crippen molar-refractivity contribution in [2.45, 2.75) is 39.2 Å². The van der Waals surface area contributed by atoms with Crippen molar-refractivity contribution in [3.8, 4) is 0 Å². The smallest absolute Gasteiger partial charge is 0.410 e. The normalized spacial score (nSPS) is 18.9. The summed E-state index contributed by atoms with van der Waals surface area (Å²) in [4.78, 5) is 18.7. The topological polar surface area (TPSA) is 36.0 Å². The van der Waals surface area contributed by atoms with E-state index in [4.69, 9.17) is 4.74 Å². The van der Waals surface area contributed by atoms with Gasteiger partial charge in [0, 0.05) is 50.6 Å². The van der Waals surface area contributed by atoms with Crippen molar-refractivity contribution < 1.29 is 9.53 Å². The Kier molecular flexibility index (Phi) is 4.88. The van der Waals surface area contributed by atoms with Crippen LogP contribution in [0.4, 0.5) is 16.2 Å². The minimum atomic E-state index is -0.431. The molecule has 24 heavy (non-hydrogen) atoms. The molecule has 0 atom stereocenters. The van der Waals surface area contributed by atoms with Gasteiger partial charge in [-0.15, -0.1) is 0 Å². The van der Waals surface area contributed by atoms with Crippen molar-refractivity contribution >= 4 is 17.5 Å². The third-order valence-corrected chi connectivity index (χ3v) is 4.62. The molecule has 0 aliphatic carbocycles. The summed E-state index contributed by atoms with van der Waals surface area (Å²) in [6.45, 7) is 11.2. The second-order valence-electron chi connectivity index (χ2n) is 7.66. The molecule has 0 aromatic heterocycles. The molecule has 2 aliphatic heterocycles. The second-order valence-corrected chi connectivity index (χ2v) is 7.66. The van der Waals surface area contributed by atoms with Crippen LogP contribution in [0.1, 0.15) is 33.6 Å². The summed E-state index contributed by atoms with van der Waals surface area (Å²) >= 11 is 0. The highest BCUT2D eigenvalue weighted by atomic mass is 16.6. The lowest BCUT2D eigenvalue weighted by atomic mass is 10.2. The molecule has 0 saturated carbocycles. The summed E-state index contributed by atoms with van der Waals surface area (Å²) in [5, 5.41) is 0. The molecule has 0 radical (unpaired) electrons. The van der Waals surface area contributed by atoms with E-state index in [-0.39, 0.29) is 6.09 Å². The van der Waals surface area contributed by atoms with Gasteiger partial charge in [0.1, 0.15) is 5.60 Å². The predicted molar refractivity (Wildman–Crippen MR) is 97.9 cm³/mol. The first kappa shape index (κ1) is 16.9. The van der Waals surface area contributed by atoms with Crippen molar-refractivity contribution in [2.24, 2.45) is 0 Å². The molecule has 132 valence electrons. The number of amides is 1. The maximum atomic E-state index is 12.1. The van der Waals surface area contributed by atoms with E-state index in [1.807, 2.05) is 20.8 Å². The number of nitrogens with zero attached hydrogens (tertiary/aromatic N) is 3. The van der Waals surface area contributed by atoms with E-state index in [2.05, 4.69) is 34.1 Å². The van der Waals surface area contributed by atoms with Crippen LogP contribution in [0.3, 0.4) is 0 Å². The first-order valence-electron chi connectivity index (χ1n) is 9.00. The molecule has 0 N–H and O–H groups in total. The first-order chi connectivity index (χ1) is 11.4. The van der Waals surface area contributed by atoms with Crippen LogP contribution in [0.15, 0.2) is 24.3 Å². The lowest BCUT2D eigenvalue weighted by Crippen LogP contribution is -2.50. The molecule has 1 aromatic rings. The van der Waals surface area contributed by atoms with E-state index in [0.717, 1.165) is 13.1 Å². The third-order valence-electron chi connectivity index (χ3n) is 4.62. The van der Waals surface area contributed by atoms with Crippen LogP contribution in [0.25, 0.3) is 0 Å². The number of piperazine rings is 1. The fourth-order valence-corrected chi connectivity index (χ4v) is 3.32. The molecule has 1 aromatic carbocycles. The SMILES string of the molecule is CC(C)(C)OC(=O)N1CCN(c2ccc(N3CCCC3)cc2)CC1. The Balaban J connectivity index is 1.53. The number of anilines is 2. The summed E-state index contributed by atoms with van der Waals surface area (Å²) in [5.41, 5.74) is 2.13. The van der Waals surface area contributed by atoms with Crippen molar-refractivity contribution in [1.82, 2.24) is 4.90 Å². The maximum absolute atomic E-state index is 12.1. The Morgan fingerprint density at radius 2 is 1.29 bits per heavy atom. The molecule has 0 unspecified atom stereocenters. The largest absolute Gasteiger partial charge is 0.444 e. The lowest BCUT2D eigenvalue weighted by Gasteiger charge is -2.36. The molecular weight excluding hydrogens is 302 g/mol. The van der Waals surface area contributed by atoms with E-state index in [1.165, 1.54) is 37.3 Å². The molecule has 2 aliphatic rings. The minimum Gasteiger partial charge on any atom is -0.444 e. The molecule has 2 saturated heterocycles. The third kappa shape index (κ3) is 4.13. The zero-order valence-corrected chi connectivity index (χ0v) is 15.1. The Labute approximate surface area is 145 Å². The summed E-state index contributed by atoms with van der Waals surface area (Å²) in [6.07, 6.45) is 2.40. The fraction of sp³-hybridized carbons (Fsp3) is 0.632. The van der Waals surface area contributed by atoms with Gasteiger partial charge in [0.05, 0.1) is 0 Å². The number of ether oxygens (including phenoxy) is 1. The van der Waals surface area contributed by atoms with E-state index in [9.17, 15) is 4.79 Å². The van der Waals surface area contributed by atoms with Gasteiger partial charge < -0.3 is 19.4 Å². The van der Waals surface area contributed by atoms with Crippen LogP contribution >= 0.6 is 0 Å². The number of carbonyl (C=O) groups excluding carboxylic acids is 1. The monoisotopic (exact) mass is 331 g/mol. The Bertz CT molecular complexity index is 551. The predicted octanol–water partition coefficient (Wildman–Crippen LogP) is 3.34. The average molecular weight is 331 g/mol. The molecule has 2 heterocycles. The van der Waals surface area contributed by atoms with Crippen LogP contribution < -0.4 is 9.80 Å². The van der Waals surface area contributed by atoms with Crippen LogP contribution in [-0.2, 0) is 4.74 Å². The summed E-state index contributed by atoms with van der Waals surface area (Å²) in [6, 6.07) is 8.86. The zero-order chi connectivity index (χ0) is 17.2. The Hall–Kier alpha value is -1.91. The van der Waals surface area contributed by atoms with Gasteiger partial charge in [-0.05, 0) is 57.9 Å². The number of carbonyl (C=O) groups is 1. The quantitative estimate of drug-likeness (QED) is 0.833. The maximum Gasteiger partial charge on any atom is 0.410 e. The van der Waals surface area contributed by atoms with E-state index < -0.39 is 5.60 Å². The van der Waals surface area contributed by atoms with Crippen LogP contribution in [0, 0.1) is 0 Å². The Morgan fingerprint density at radius 3 is 1.75 bits per heavy atom. The van der Waals surface area contributed by atoms with E-state index >= 15 is 0 Å². The van der Waals surface area contributed by atoms with Gasteiger partial charge >= 0.3 is 6.09 Å². The van der Waals surface area contributed by atoms with E-state index in [1.54, 1.807) is 4.90 Å². The molecular formula is C19H29N3O2. The number of hydrogen-bond acceptors (Lipinski definition) is 4. The first-order valence-corrected chi connectivity index (χ1v) is 9.00. The number of rotatable bonds is 2. The van der Waals surface area contributed by atoms with Crippen LogP contribution in [-0.4, -0.2) is 55.9 Å². The van der Waals surface area contributed by atoms with Crippen molar-refractivity contribution in [2.75, 3.05) is 49.1 Å². The summed E-state index contributed by atoms with van der Waals surface area (Å²) in [7, 11) is 0. The fourth-order valence-electron chi connectivity index (χ4n) is 3.32. The summed E-state index contributed by atoms with van der Waals surface area (Å²) in [5.74, 6) is 0. The van der Waals surface area contributed by atoms with Gasteiger partial charge in [0.15, 0.2) is 0 Å². The molecule has 0 spiro atoms. The highest BCUT2D eigenvalue weighted by molar-refractivity contribution is 5.68. The van der Waals surface area contributed by atoms with Crippen molar-refractivity contribution in [3.05, 3.63) is 24.3 Å². The molecule has 2 fully saturated rings.